The van der Waals surface area contributed by atoms with Crippen LogP contribution in [0.3, 0.4) is 0 Å². The quantitative estimate of drug-likeness (QED) is 0.537. The fourth-order valence-corrected chi connectivity index (χ4v) is 4.60. The fraction of sp³-hybridized carbons (Fsp3) is 0.360. The minimum absolute atomic E-state index is 0.138. The number of anilines is 1. The number of carbonyl (C=O) groups is 2. The van der Waals surface area contributed by atoms with Gasteiger partial charge >= 0.3 is 0 Å². The van der Waals surface area contributed by atoms with E-state index in [0.717, 1.165) is 18.5 Å². The number of hydrogen-bond acceptors (Lipinski definition) is 4. The Hall–Kier alpha value is -3.12. The van der Waals surface area contributed by atoms with Crippen molar-refractivity contribution in [3.63, 3.8) is 0 Å². The van der Waals surface area contributed by atoms with Crippen molar-refractivity contribution in [2.75, 3.05) is 5.32 Å². The Morgan fingerprint density at radius 1 is 1.16 bits per heavy atom. The number of benzene rings is 2. The molecule has 1 spiro atoms. The van der Waals surface area contributed by atoms with Crippen molar-refractivity contribution in [1.82, 2.24) is 10.6 Å². The Labute approximate surface area is 182 Å². The van der Waals surface area contributed by atoms with E-state index in [0.29, 0.717) is 18.5 Å². The molecule has 0 radical (unpaired) electrons. The topological polar surface area (TPSA) is 90.5 Å². The monoisotopic (exact) mass is 419 g/mol. The summed E-state index contributed by atoms with van der Waals surface area (Å²) in [6, 6.07) is 17.8. The summed E-state index contributed by atoms with van der Waals surface area (Å²) in [6.45, 7) is 4.81. The van der Waals surface area contributed by atoms with E-state index in [9.17, 15) is 14.7 Å². The van der Waals surface area contributed by atoms with Gasteiger partial charge in [-0.1, -0.05) is 62.4 Å². The first-order chi connectivity index (χ1) is 14.9. The number of hydrogen-bond donors (Lipinski definition) is 4. The maximum atomic E-state index is 12.9. The molecule has 1 saturated carbocycles. The van der Waals surface area contributed by atoms with E-state index < -0.39 is 17.4 Å². The Balaban J connectivity index is 1.48. The highest BCUT2D eigenvalue weighted by atomic mass is 16.3. The summed E-state index contributed by atoms with van der Waals surface area (Å²) in [4.78, 5) is 25.6. The van der Waals surface area contributed by atoms with Gasteiger partial charge in [0.2, 0.25) is 0 Å². The number of aliphatic hydroxyl groups excluding tert-OH is 1. The molecule has 31 heavy (non-hydrogen) atoms. The van der Waals surface area contributed by atoms with Crippen LogP contribution in [0.25, 0.3) is 0 Å². The van der Waals surface area contributed by atoms with Crippen molar-refractivity contribution in [1.29, 1.82) is 0 Å². The summed E-state index contributed by atoms with van der Waals surface area (Å²) >= 11 is 0. The second-order valence-electron chi connectivity index (χ2n) is 8.76. The smallest absolute Gasteiger partial charge is 0.264 e. The van der Waals surface area contributed by atoms with Gasteiger partial charge in [0.05, 0.1) is 5.54 Å². The predicted molar refractivity (Wildman–Crippen MR) is 121 cm³/mol. The standard InChI is InChI=1S/C25H29N3O3/c1-16(2)19-10-6-7-11-20(19)27-23(30)21-22(29)25(28-24(21)31)13-12-18(14-25)26-15-17-8-4-3-5-9-17/h3-11,16,18,26,29H,12-15H2,1-2H3,(H,27,30)(H,28,31)/t18-,25+/m1/s1. The second-order valence-corrected chi connectivity index (χ2v) is 8.76. The molecule has 2 aromatic carbocycles. The van der Waals surface area contributed by atoms with Crippen LogP contribution < -0.4 is 16.0 Å². The third kappa shape index (κ3) is 4.21. The number of carbonyl (C=O) groups excluding carboxylic acids is 2. The lowest BCUT2D eigenvalue weighted by atomic mass is 9.95. The van der Waals surface area contributed by atoms with Crippen molar-refractivity contribution in [3.8, 4) is 0 Å². The molecule has 162 valence electrons. The average molecular weight is 420 g/mol. The lowest BCUT2D eigenvalue weighted by Gasteiger charge is -2.24. The van der Waals surface area contributed by atoms with Gasteiger partial charge in [0.1, 0.15) is 11.3 Å². The molecule has 2 aromatic rings. The molecule has 0 aromatic heterocycles. The molecule has 6 nitrogen and oxygen atoms in total. The Morgan fingerprint density at radius 2 is 1.87 bits per heavy atom. The molecular weight excluding hydrogens is 390 g/mol. The van der Waals surface area contributed by atoms with Crippen LogP contribution in [0.1, 0.15) is 50.2 Å². The van der Waals surface area contributed by atoms with E-state index in [1.165, 1.54) is 5.56 Å². The maximum absolute atomic E-state index is 12.9. The number of para-hydroxylation sites is 1. The first-order valence-electron chi connectivity index (χ1n) is 10.8. The number of rotatable bonds is 6. The van der Waals surface area contributed by atoms with Crippen LogP contribution in [0.5, 0.6) is 0 Å². The van der Waals surface area contributed by atoms with Crippen LogP contribution in [0.2, 0.25) is 0 Å². The Bertz CT molecular complexity index is 1020. The normalized spacial score (nSPS) is 22.9. The van der Waals surface area contributed by atoms with Crippen LogP contribution >= 0.6 is 0 Å². The summed E-state index contributed by atoms with van der Waals surface area (Å²) in [5.41, 5.74) is 1.78. The molecule has 0 bridgehead atoms. The van der Waals surface area contributed by atoms with Gasteiger partial charge in [0.15, 0.2) is 0 Å². The highest BCUT2D eigenvalue weighted by Crippen LogP contribution is 2.40. The van der Waals surface area contributed by atoms with Gasteiger partial charge in [0, 0.05) is 18.3 Å². The van der Waals surface area contributed by atoms with Gasteiger partial charge in [-0.05, 0) is 42.4 Å². The molecule has 0 unspecified atom stereocenters. The molecule has 1 fully saturated rings. The van der Waals surface area contributed by atoms with Gasteiger partial charge in [-0.15, -0.1) is 0 Å². The lowest BCUT2D eigenvalue weighted by molar-refractivity contribution is -0.121. The molecule has 0 saturated heterocycles. The number of amides is 2. The van der Waals surface area contributed by atoms with E-state index >= 15 is 0 Å². The number of aliphatic hydroxyl groups is 1. The van der Waals surface area contributed by atoms with Crippen LogP contribution in [0.4, 0.5) is 5.69 Å². The fourth-order valence-electron chi connectivity index (χ4n) is 4.60. The average Bonchev–Trinajstić information content (AvgIpc) is 3.27. The highest BCUT2D eigenvalue weighted by Gasteiger charge is 2.51. The van der Waals surface area contributed by atoms with Crippen LogP contribution in [-0.4, -0.2) is 28.5 Å². The minimum Gasteiger partial charge on any atom is -0.509 e. The molecule has 2 aliphatic rings. The molecule has 6 heteroatoms. The van der Waals surface area contributed by atoms with Crippen molar-refractivity contribution in [2.45, 2.75) is 57.2 Å². The van der Waals surface area contributed by atoms with Crippen molar-refractivity contribution < 1.29 is 14.7 Å². The molecule has 4 N–H and O–H groups in total. The maximum Gasteiger partial charge on any atom is 0.264 e. The molecule has 4 rings (SSSR count). The molecule has 1 heterocycles. The van der Waals surface area contributed by atoms with Crippen LogP contribution in [-0.2, 0) is 16.1 Å². The molecule has 2 atom stereocenters. The van der Waals surface area contributed by atoms with E-state index in [4.69, 9.17) is 0 Å². The summed E-state index contributed by atoms with van der Waals surface area (Å²) < 4.78 is 0. The zero-order valence-electron chi connectivity index (χ0n) is 17.9. The SMILES string of the molecule is CC(C)c1ccccc1NC(=O)C1=C(O)[C@@]2(CC[C@@H](NCc3ccccc3)C2)NC1=O. The second kappa shape index (κ2) is 8.55. The molecular formula is C25H29N3O3. The van der Waals surface area contributed by atoms with Gasteiger partial charge in [-0.25, -0.2) is 0 Å². The van der Waals surface area contributed by atoms with E-state index in [1.54, 1.807) is 0 Å². The van der Waals surface area contributed by atoms with Crippen LogP contribution in [0.15, 0.2) is 65.9 Å². The van der Waals surface area contributed by atoms with E-state index in [1.807, 2.05) is 56.3 Å². The lowest BCUT2D eigenvalue weighted by Crippen LogP contribution is -2.43. The zero-order valence-corrected chi connectivity index (χ0v) is 17.9. The largest absolute Gasteiger partial charge is 0.509 e. The van der Waals surface area contributed by atoms with E-state index in [2.05, 4.69) is 28.1 Å². The first kappa shape index (κ1) is 21.1. The van der Waals surface area contributed by atoms with Crippen molar-refractivity contribution in [2.24, 2.45) is 0 Å². The molecule has 1 aliphatic heterocycles. The van der Waals surface area contributed by atoms with Crippen LogP contribution in [0, 0.1) is 0 Å². The van der Waals surface area contributed by atoms with Crippen molar-refractivity contribution >= 4 is 17.5 Å². The summed E-state index contributed by atoms with van der Waals surface area (Å²) in [6.07, 6.45) is 1.95. The Morgan fingerprint density at radius 3 is 2.61 bits per heavy atom. The van der Waals surface area contributed by atoms with E-state index in [-0.39, 0.29) is 23.3 Å². The third-order valence-electron chi connectivity index (χ3n) is 6.28. The van der Waals surface area contributed by atoms with Crippen molar-refractivity contribution in [3.05, 3.63) is 77.1 Å². The highest BCUT2D eigenvalue weighted by molar-refractivity contribution is 6.25. The summed E-state index contributed by atoms with van der Waals surface area (Å²) in [7, 11) is 0. The number of nitrogens with one attached hydrogen (secondary N) is 3. The predicted octanol–water partition coefficient (Wildman–Crippen LogP) is 3.77. The summed E-state index contributed by atoms with van der Waals surface area (Å²) in [5, 5.41) is 20.2. The Kier molecular flexibility index (Phi) is 5.83. The van der Waals surface area contributed by atoms with Gasteiger partial charge in [-0.3, -0.25) is 9.59 Å². The summed E-state index contributed by atoms with van der Waals surface area (Å²) in [5.74, 6) is -1.00. The third-order valence-corrected chi connectivity index (χ3v) is 6.28. The molecule has 1 aliphatic carbocycles. The minimum atomic E-state index is -0.865. The molecule has 2 amide bonds. The first-order valence-corrected chi connectivity index (χ1v) is 10.8. The van der Waals surface area contributed by atoms with Gasteiger partial charge in [-0.2, -0.15) is 0 Å². The zero-order chi connectivity index (χ0) is 22.0. The van der Waals surface area contributed by atoms with Gasteiger partial charge < -0.3 is 21.1 Å². The van der Waals surface area contributed by atoms with Gasteiger partial charge in [0.25, 0.3) is 11.8 Å².